The standard InChI is InChI=1S/C14H15N3O2/c1-10-5-3-4-6-13(10)11(2)16-14-9-12(17(18)19)7-8-15-14/h3-9,11H,1-2H3,(H,15,16). The summed E-state index contributed by atoms with van der Waals surface area (Å²) in [6.45, 7) is 4.04. The molecule has 19 heavy (non-hydrogen) atoms. The number of pyridine rings is 1. The third-order valence-electron chi connectivity index (χ3n) is 2.97. The van der Waals surface area contributed by atoms with Crippen molar-refractivity contribution in [1.82, 2.24) is 4.98 Å². The Bertz CT molecular complexity index is 599. The molecule has 0 bridgehead atoms. The molecule has 0 aliphatic carbocycles. The second-order valence-electron chi connectivity index (χ2n) is 4.38. The number of hydrogen-bond donors (Lipinski definition) is 1. The Balaban J connectivity index is 2.19. The van der Waals surface area contributed by atoms with Gasteiger partial charge in [-0.15, -0.1) is 0 Å². The van der Waals surface area contributed by atoms with E-state index in [0.717, 1.165) is 5.56 Å². The molecule has 0 fully saturated rings. The Morgan fingerprint density at radius 3 is 2.74 bits per heavy atom. The molecule has 1 aromatic heterocycles. The van der Waals surface area contributed by atoms with E-state index in [0.29, 0.717) is 5.82 Å². The van der Waals surface area contributed by atoms with Crippen LogP contribution < -0.4 is 5.32 Å². The molecule has 5 nitrogen and oxygen atoms in total. The van der Waals surface area contributed by atoms with E-state index < -0.39 is 4.92 Å². The van der Waals surface area contributed by atoms with Gasteiger partial charge < -0.3 is 5.32 Å². The van der Waals surface area contributed by atoms with E-state index in [2.05, 4.69) is 10.3 Å². The summed E-state index contributed by atoms with van der Waals surface area (Å²) in [7, 11) is 0. The van der Waals surface area contributed by atoms with Gasteiger partial charge in [0.15, 0.2) is 0 Å². The quantitative estimate of drug-likeness (QED) is 0.672. The Kier molecular flexibility index (Phi) is 3.75. The van der Waals surface area contributed by atoms with Crippen LogP contribution in [0, 0.1) is 17.0 Å². The molecule has 1 N–H and O–H groups in total. The summed E-state index contributed by atoms with van der Waals surface area (Å²) >= 11 is 0. The van der Waals surface area contributed by atoms with Crippen LogP contribution in [0.3, 0.4) is 0 Å². The van der Waals surface area contributed by atoms with Gasteiger partial charge in [0.25, 0.3) is 5.69 Å². The smallest absolute Gasteiger partial charge is 0.274 e. The summed E-state index contributed by atoms with van der Waals surface area (Å²) in [6, 6.07) is 10.9. The fraction of sp³-hybridized carbons (Fsp3) is 0.214. The van der Waals surface area contributed by atoms with Gasteiger partial charge >= 0.3 is 0 Å². The van der Waals surface area contributed by atoms with Crippen LogP contribution in [0.4, 0.5) is 11.5 Å². The van der Waals surface area contributed by atoms with Crippen molar-refractivity contribution >= 4 is 11.5 Å². The molecular formula is C14H15N3O2. The van der Waals surface area contributed by atoms with E-state index in [1.54, 1.807) is 0 Å². The number of nitrogens with one attached hydrogen (secondary N) is 1. The first-order valence-corrected chi connectivity index (χ1v) is 6.00. The van der Waals surface area contributed by atoms with E-state index in [-0.39, 0.29) is 11.7 Å². The minimum atomic E-state index is -0.425. The van der Waals surface area contributed by atoms with E-state index in [9.17, 15) is 10.1 Å². The Hall–Kier alpha value is -2.43. The van der Waals surface area contributed by atoms with E-state index in [1.807, 2.05) is 38.1 Å². The maximum Gasteiger partial charge on any atom is 0.274 e. The fourth-order valence-corrected chi connectivity index (χ4v) is 1.98. The topological polar surface area (TPSA) is 68.1 Å². The summed E-state index contributed by atoms with van der Waals surface area (Å²) in [5.74, 6) is 0.505. The van der Waals surface area contributed by atoms with Gasteiger partial charge in [0, 0.05) is 12.3 Å². The van der Waals surface area contributed by atoms with Gasteiger partial charge in [-0.25, -0.2) is 4.98 Å². The molecule has 5 heteroatoms. The molecule has 1 heterocycles. The number of nitrogens with zero attached hydrogens (tertiary/aromatic N) is 2. The number of anilines is 1. The second-order valence-corrected chi connectivity index (χ2v) is 4.38. The van der Waals surface area contributed by atoms with Crippen LogP contribution in [0.1, 0.15) is 24.1 Å². The van der Waals surface area contributed by atoms with Gasteiger partial charge in [-0.3, -0.25) is 10.1 Å². The molecule has 0 radical (unpaired) electrons. The predicted octanol–water partition coefficient (Wildman–Crippen LogP) is 3.47. The molecule has 1 unspecified atom stereocenters. The second kappa shape index (κ2) is 5.48. The number of nitro groups is 1. The molecule has 0 saturated heterocycles. The lowest BCUT2D eigenvalue weighted by atomic mass is 10.0. The highest BCUT2D eigenvalue weighted by Gasteiger charge is 2.11. The minimum absolute atomic E-state index is 0.0366. The minimum Gasteiger partial charge on any atom is -0.363 e. The van der Waals surface area contributed by atoms with Crippen molar-refractivity contribution in [3.63, 3.8) is 0 Å². The summed E-state index contributed by atoms with van der Waals surface area (Å²) < 4.78 is 0. The molecule has 0 amide bonds. The molecule has 2 rings (SSSR count). The van der Waals surface area contributed by atoms with Crippen molar-refractivity contribution in [2.24, 2.45) is 0 Å². The molecule has 1 aromatic carbocycles. The van der Waals surface area contributed by atoms with Gasteiger partial charge in [-0.05, 0) is 25.0 Å². The molecule has 2 aromatic rings. The lowest BCUT2D eigenvalue weighted by Crippen LogP contribution is -2.09. The highest BCUT2D eigenvalue weighted by atomic mass is 16.6. The molecule has 98 valence electrons. The molecular weight excluding hydrogens is 242 g/mol. The van der Waals surface area contributed by atoms with E-state index in [4.69, 9.17) is 0 Å². The molecule has 0 spiro atoms. The summed E-state index contributed by atoms with van der Waals surface area (Å²) in [4.78, 5) is 14.4. The number of hydrogen-bond acceptors (Lipinski definition) is 4. The number of rotatable bonds is 4. The Morgan fingerprint density at radius 2 is 2.05 bits per heavy atom. The maximum atomic E-state index is 10.7. The normalized spacial score (nSPS) is 11.9. The van der Waals surface area contributed by atoms with Crippen LogP contribution in [-0.2, 0) is 0 Å². The Morgan fingerprint density at radius 1 is 1.32 bits per heavy atom. The zero-order chi connectivity index (χ0) is 13.8. The fourth-order valence-electron chi connectivity index (χ4n) is 1.98. The summed E-state index contributed by atoms with van der Waals surface area (Å²) in [5, 5.41) is 13.9. The van der Waals surface area contributed by atoms with Gasteiger partial charge in [-0.2, -0.15) is 0 Å². The Labute approximate surface area is 111 Å². The number of aryl methyl sites for hydroxylation is 1. The molecule has 0 aliphatic heterocycles. The summed E-state index contributed by atoms with van der Waals surface area (Å²) in [6.07, 6.45) is 1.44. The third kappa shape index (κ3) is 3.07. The van der Waals surface area contributed by atoms with E-state index >= 15 is 0 Å². The monoisotopic (exact) mass is 257 g/mol. The average molecular weight is 257 g/mol. The first kappa shape index (κ1) is 13.0. The molecule has 0 aliphatic rings. The van der Waals surface area contributed by atoms with Gasteiger partial charge in [0.05, 0.1) is 17.0 Å². The van der Waals surface area contributed by atoms with Crippen molar-refractivity contribution in [3.05, 3.63) is 63.8 Å². The lowest BCUT2D eigenvalue weighted by Gasteiger charge is -2.16. The first-order chi connectivity index (χ1) is 9.08. The van der Waals surface area contributed by atoms with Crippen molar-refractivity contribution in [2.45, 2.75) is 19.9 Å². The highest BCUT2D eigenvalue weighted by Crippen LogP contribution is 2.22. The van der Waals surface area contributed by atoms with Crippen LogP contribution in [-0.4, -0.2) is 9.91 Å². The predicted molar refractivity (Wildman–Crippen MR) is 74.1 cm³/mol. The average Bonchev–Trinajstić information content (AvgIpc) is 2.39. The SMILES string of the molecule is Cc1ccccc1C(C)Nc1cc([N+](=O)[O-])ccn1. The largest absolute Gasteiger partial charge is 0.363 e. The van der Waals surface area contributed by atoms with Crippen molar-refractivity contribution < 1.29 is 4.92 Å². The highest BCUT2D eigenvalue weighted by molar-refractivity contribution is 5.46. The zero-order valence-corrected chi connectivity index (χ0v) is 10.8. The van der Waals surface area contributed by atoms with Gasteiger partial charge in [0.1, 0.15) is 5.82 Å². The van der Waals surface area contributed by atoms with Crippen LogP contribution in [0.25, 0.3) is 0 Å². The van der Waals surface area contributed by atoms with Gasteiger partial charge in [0.2, 0.25) is 0 Å². The van der Waals surface area contributed by atoms with Crippen LogP contribution in [0.15, 0.2) is 42.6 Å². The lowest BCUT2D eigenvalue weighted by molar-refractivity contribution is -0.384. The van der Waals surface area contributed by atoms with E-state index in [1.165, 1.54) is 23.9 Å². The van der Waals surface area contributed by atoms with Crippen LogP contribution in [0.2, 0.25) is 0 Å². The van der Waals surface area contributed by atoms with Crippen LogP contribution in [0.5, 0.6) is 0 Å². The van der Waals surface area contributed by atoms with Crippen molar-refractivity contribution in [3.8, 4) is 0 Å². The number of aromatic nitrogens is 1. The van der Waals surface area contributed by atoms with Gasteiger partial charge in [-0.1, -0.05) is 24.3 Å². The number of benzene rings is 1. The third-order valence-corrected chi connectivity index (χ3v) is 2.97. The van der Waals surface area contributed by atoms with Crippen molar-refractivity contribution in [2.75, 3.05) is 5.32 Å². The van der Waals surface area contributed by atoms with Crippen molar-refractivity contribution in [1.29, 1.82) is 0 Å². The zero-order valence-electron chi connectivity index (χ0n) is 10.8. The van der Waals surface area contributed by atoms with Crippen LogP contribution >= 0.6 is 0 Å². The molecule has 1 atom stereocenters. The first-order valence-electron chi connectivity index (χ1n) is 6.00. The molecule has 0 saturated carbocycles. The maximum absolute atomic E-state index is 10.7. The summed E-state index contributed by atoms with van der Waals surface area (Å²) in [5.41, 5.74) is 2.36.